The van der Waals surface area contributed by atoms with Crippen molar-refractivity contribution >= 4 is 17.4 Å². The van der Waals surface area contributed by atoms with Gasteiger partial charge in [0.2, 0.25) is 0 Å². The van der Waals surface area contributed by atoms with Crippen LogP contribution in [0.4, 0.5) is 4.79 Å². The molecule has 6 heteroatoms. The molecule has 2 atom stereocenters. The van der Waals surface area contributed by atoms with Crippen molar-refractivity contribution < 1.29 is 4.79 Å². The number of nitrogens with one attached hydrogen (secondary N) is 2. The fraction of sp³-hybridized carbons (Fsp3) is 0.444. The average Bonchev–Trinajstić information content (AvgIpc) is 3.30. The van der Waals surface area contributed by atoms with Gasteiger partial charge in [-0.3, -0.25) is 9.88 Å². The molecule has 0 radical (unpaired) electrons. The number of carbonyl (C=O) groups is 1. The van der Waals surface area contributed by atoms with Gasteiger partial charge in [0.15, 0.2) is 0 Å². The summed E-state index contributed by atoms with van der Waals surface area (Å²) >= 11 is 1.76. The van der Waals surface area contributed by atoms with Gasteiger partial charge in [-0.2, -0.15) is 0 Å². The summed E-state index contributed by atoms with van der Waals surface area (Å²) in [7, 11) is 0. The number of amides is 2. The quantitative estimate of drug-likeness (QED) is 0.845. The van der Waals surface area contributed by atoms with Gasteiger partial charge in [0.1, 0.15) is 0 Å². The zero-order chi connectivity index (χ0) is 16.8. The third-order valence-corrected chi connectivity index (χ3v) is 5.36. The molecule has 0 bridgehead atoms. The molecule has 1 aliphatic rings. The molecule has 3 rings (SSSR count). The van der Waals surface area contributed by atoms with E-state index in [9.17, 15) is 4.79 Å². The number of rotatable bonds is 6. The van der Waals surface area contributed by atoms with Gasteiger partial charge >= 0.3 is 6.03 Å². The summed E-state index contributed by atoms with van der Waals surface area (Å²) < 4.78 is 0. The van der Waals surface area contributed by atoms with Gasteiger partial charge in [-0.25, -0.2) is 4.79 Å². The first-order chi connectivity index (χ1) is 11.7. The molecular weight excluding hydrogens is 320 g/mol. The highest BCUT2D eigenvalue weighted by molar-refractivity contribution is 7.10. The monoisotopic (exact) mass is 344 g/mol. The lowest BCUT2D eigenvalue weighted by Gasteiger charge is -2.27. The molecule has 0 unspecified atom stereocenters. The Bertz CT molecular complexity index is 626. The van der Waals surface area contributed by atoms with Crippen molar-refractivity contribution in [3.8, 4) is 0 Å². The molecule has 2 amide bonds. The van der Waals surface area contributed by atoms with Gasteiger partial charge in [0.05, 0.1) is 17.8 Å². The van der Waals surface area contributed by atoms with Crippen LogP contribution in [0.2, 0.25) is 0 Å². The van der Waals surface area contributed by atoms with Crippen LogP contribution in [0.5, 0.6) is 0 Å². The maximum Gasteiger partial charge on any atom is 0.315 e. The lowest BCUT2D eigenvalue weighted by molar-refractivity contribution is 0.220. The Balaban J connectivity index is 1.55. The van der Waals surface area contributed by atoms with Crippen LogP contribution in [-0.2, 0) is 0 Å². The second kappa shape index (κ2) is 8.26. The van der Waals surface area contributed by atoms with Crippen LogP contribution < -0.4 is 10.6 Å². The molecule has 2 aromatic heterocycles. The highest BCUT2D eigenvalue weighted by Gasteiger charge is 2.24. The number of likely N-dealkylation sites (tertiary alicyclic amines) is 1. The number of hydrogen-bond donors (Lipinski definition) is 2. The molecule has 1 saturated heterocycles. The van der Waals surface area contributed by atoms with Crippen LogP contribution in [0.15, 0.2) is 41.9 Å². The van der Waals surface area contributed by atoms with Crippen molar-refractivity contribution in [1.29, 1.82) is 0 Å². The van der Waals surface area contributed by atoms with Gasteiger partial charge in [-0.1, -0.05) is 12.1 Å². The zero-order valence-electron chi connectivity index (χ0n) is 13.9. The van der Waals surface area contributed by atoms with Crippen LogP contribution in [0.3, 0.4) is 0 Å². The summed E-state index contributed by atoms with van der Waals surface area (Å²) in [6.07, 6.45) is 4.22. The van der Waals surface area contributed by atoms with Crippen molar-refractivity contribution in [2.75, 3.05) is 19.6 Å². The highest BCUT2D eigenvalue weighted by atomic mass is 32.1. The molecule has 2 N–H and O–H groups in total. The fourth-order valence-electron chi connectivity index (χ4n) is 3.09. The first-order valence-corrected chi connectivity index (χ1v) is 9.35. The zero-order valence-corrected chi connectivity index (χ0v) is 14.8. The Morgan fingerprint density at radius 1 is 1.29 bits per heavy atom. The Morgan fingerprint density at radius 2 is 2.12 bits per heavy atom. The van der Waals surface area contributed by atoms with Crippen LogP contribution >= 0.6 is 11.3 Å². The third-order valence-electron chi connectivity index (χ3n) is 4.39. The summed E-state index contributed by atoms with van der Waals surface area (Å²) in [5.41, 5.74) is 0.863. The second-order valence-corrected chi connectivity index (χ2v) is 7.08. The maximum absolute atomic E-state index is 12.3. The Kier molecular flexibility index (Phi) is 5.82. The standard InChI is InChI=1S/C18H24N4OS/c1-14(15-7-2-3-9-19-15)21-18(23)20-13-16(17-8-6-12-24-17)22-10-4-5-11-22/h2-3,6-9,12,14,16H,4-5,10-11,13H2,1H3,(H2,20,21,23)/t14-,16+/m0/s1. The number of carbonyl (C=O) groups excluding carboxylic acids is 1. The van der Waals surface area contributed by atoms with E-state index in [1.54, 1.807) is 17.5 Å². The topological polar surface area (TPSA) is 57.3 Å². The predicted molar refractivity (Wildman–Crippen MR) is 97.1 cm³/mol. The van der Waals surface area contributed by atoms with Gasteiger partial charge in [0, 0.05) is 17.6 Å². The number of pyridine rings is 1. The average molecular weight is 344 g/mol. The second-order valence-electron chi connectivity index (χ2n) is 6.10. The minimum atomic E-state index is -0.145. The minimum absolute atomic E-state index is 0.113. The lowest BCUT2D eigenvalue weighted by atomic mass is 10.2. The Hall–Kier alpha value is -1.92. The highest BCUT2D eigenvalue weighted by Crippen LogP contribution is 2.27. The van der Waals surface area contributed by atoms with Gasteiger partial charge in [-0.15, -0.1) is 11.3 Å². The number of urea groups is 1. The van der Waals surface area contributed by atoms with Crippen molar-refractivity contribution in [1.82, 2.24) is 20.5 Å². The van der Waals surface area contributed by atoms with E-state index in [0.29, 0.717) is 6.54 Å². The van der Waals surface area contributed by atoms with Gasteiger partial charge in [0.25, 0.3) is 0 Å². The largest absolute Gasteiger partial charge is 0.336 e. The predicted octanol–water partition coefficient (Wildman–Crippen LogP) is 3.34. The number of aromatic nitrogens is 1. The molecule has 5 nitrogen and oxygen atoms in total. The molecule has 128 valence electrons. The summed E-state index contributed by atoms with van der Waals surface area (Å²) in [6, 6.07) is 9.96. The van der Waals surface area contributed by atoms with Crippen LogP contribution in [0.1, 0.15) is 42.4 Å². The fourth-order valence-corrected chi connectivity index (χ4v) is 3.95. The normalized spacial score (nSPS) is 17.4. The smallest absolute Gasteiger partial charge is 0.315 e. The lowest BCUT2D eigenvalue weighted by Crippen LogP contribution is -2.42. The van der Waals surface area contributed by atoms with Crippen molar-refractivity contribution in [2.45, 2.75) is 31.8 Å². The van der Waals surface area contributed by atoms with Gasteiger partial charge in [-0.05, 0) is 56.4 Å². The molecule has 0 aliphatic carbocycles. The minimum Gasteiger partial charge on any atom is -0.336 e. The van der Waals surface area contributed by atoms with Crippen LogP contribution in [0, 0.1) is 0 Å². The summed E-state index contributed by atoms with van der Waals surface area (Å²) in [4.78, 5) is 20.3. The molecule has 3 heterocycles. The van der Waals surface area contributed by atoms with Crippen molar-refractivity contribution in [2.24, 2.45) is 0 Å². The summed E-state index contributed by atoms with van der Waals surface area (Å²) in [5, 5.41) is 8.09. The van der Waals surface area contributed by atoms with E-state index in [1.807, 2.05) is 25.1 Å². The third kappa shape index (κ3) is 4.33. The number of nitrogens with zero attached hydrogens (tertiary/aromatic N) is 2. The molecule has 1 fully saturated rings. The first kappa shape index (κ1) is 16.9. The SMILES string of the molecule is C[C@H](NC(=O)NC[C@H](c1cccs1)N1CCCC1)c1ccccn1. The molecule has 2 aromatic rings. The molecule has 0 aromatic carbocycles. The number of hydrogen-bond acceptors (Lipinski definition) is 4. The Labute approximate surface area is 147 Å². The van der Waals surface area contributed by atoms with Crippen molar-refractivity contribution in [3.63, 3.8) is 0 Å². The Morgan fingerprint density at radius 3 is 2.79 bits per heavy atom. The van der Waals surface area contributed by atoms with Crippen molar-refractivity contribution in [3.05, 3.63) is 52.5 Å². The molecule has 0 spiro atoms. The summed E-state index contributed by atoms with van der Waals surface area (Å²) in [5.74, 6) is 0. The molecular formula is C18H24N4OS. The van der Waals surface area contributed by atoms with Gasteiger partial charge < -0.3 is 10.6 Å². The molecule has 1 aliphatic heterocycles. The van der Waals surface area contributed by atoms with E-state index in [0.717, 1.165) is 18.8 Å². The van der Waals surface area contributed by atoms with E-state index in [2.05, 4.69) is 38.0 Å². The van der Waals surface area contributed by atoms with E-state index < -0.39 is 0 Å². The molecule has 0 saturated carbocycles. The van der Waals surface area contributed by atoms with Crippen LogP contribution in [-0.4, -0.2) is 35.5 Å². The van der Waals surface area contributed by atoms with E-state index >= 15 is 0 Å². The van der Waals surface area contributed by atoms with E-state index in [-0.39, 0.29) is 18.1 Å². The molecule has 24 heavy (non-hydrogen) atoms. The van der Waals surface area contributed by atoms with E-state index in [4.69, 9.17) is 0 Å². The van der Waals surface area contributed by atoms with Crippen LogP contribution in [0.25, 0.3) is 0 Å². The number of thiophene rings is 1. The first-order valence-electron chi connectivity index (χ1n) is 8.47. The van der Waals surface area contributed by atoms with E-state index in [1.165, 1.54) is 17.7 Å². The summed E-state index contributed by atoms with van der Waals surface area (Å²) in [6.45, 7) is 4.78. The maximum atomic E-state index is 12.3.